The first-order chi connectivity index (χ1) is 11.2. The van der Waals surface area contributed by atoms with Crippen molar-refractivity contribution in [3.63, 3.8) is 0 Å². The number of hydrogen-bond acceptors (Lipinski definition) is 3. The summed E-state index contributed by atoms with van der Waals surface area (Å²) < 4.78 is 18.4. The number of nitrogens with one attached hydrogen (secondary N) is 2. The molecule has 5 nitrogen and oxygen atoms in total. The van der Waals surface area contributed by atoms with E-state index < -0.39 is 5.60 Å². The minimum absolute atomic E-state index is 0.183. The number of halogens is 1. The van der Waals surface area contributed by atoms with E-state index in [1.165, 1.54) is 12.1 Å². The number of urea groups is 1. The topological polar surface area (TPSA) is 70.6 Å². The Kier molecular flexibility index (Phi) is 5.83. The quantitative estimate of drug-likeness (QED) is 0.790. The zero-order valence-corrected chi connectivity index (χ0v) is 14.6. The van der Waals surface area contributed by atoms with Crippen LogP contribution in [0, 0.1) is 11.2 Å². The molecule has 1 aromatic rings. The van der Waals surface area contributed by atoms with Gasteiger partial charge < -0.3 is 20.5 Å². The molecule has 0 saturated carbocycles. The molecule has 1 unspecified atom stereocenters. The van der Waals surface area contributed by atoms with Crippen molar-refractivity contribution >= 4 is 6.03 Å². The van der Waals surface area contributed by atoms with Gasteiger partial charge in [-0.05, 0) is 23.1 Å². The largest absolute Gasteiger partial charge is 0.388 e. The number of ether oxygens (including phenoxy) is 1. The van der Waals surface area contributed by atoms with Crippen LogP contribution in [0.2, 0.25) is 0 Å². The van der Waals surface area contributed by atoms with Gasteiger partial charge in [-0.3, -0.25) is 0 Å². The third-order valence-electron chi connectivity index (χ3n) is 4.35. The lowest BCUT2D eigenvalue weighted by atomic mass is 9.82. The van der Waals surface area contributed by atoms with E-state index in [1.807, 2.05) is 20.8 Å². The zero-order chi connectivity index (χ0) is 17.8. The fourth-order valence-corrected chi connectivity index (χ4v) is 2.81. The van der Waals surface area contributed by atoms with Crippen molar-refractivity contribution in [2.75, 3.05) is 19.8 Å². The maximum absolute atomic E-state index is 13.1. The number of hydrogen-bond donors (Lipinski definition) is 3. The number of carbonyl (C=O) groups excluding carboxylic acids is 1. The molecule has 1 heterocycles. The Labute approximate surface area is 142 Å². The van der Waals surface area contributed by atoms with Gasteiger partial charge in [0.1, 0.15) is 5.82 Å². The summed E-state index contributed by atoms with van der Waals surface area (Å²) in [6, 6.07) is 5.51. The first-order valence-corrected chi connectivity index (χ1v) is 8.30. The fraction of sp³-hybridized carbons (Fsp3) is 0.611. The highest BCUT2D eigenvalue weighted by Gasteiger charge is 2.32. The van der Waals surface area contributed by atoms with Crippen LogP contribution in [-0.4, -0.2) is 36.5 Å². The lowest BCUT2D eigenvalue weighted by molar-refractivity contribution is -0.0601. The van der Waals surface area contributed by atoms with E-state index in [0.29, 0.717) is 26.1 Å². The van der Waals surface area contributed by atoms with Crippen molar-refractivity contribution in [1.82, 2.24) is 10.6 Å². The van der Waals surface area contributed by atoms with Gasteiger partial charge in [-0.1, -0.05) is 32.9 Å². The summed E-state index contributed by atoms with van der Waals surface area (Å²) in [4.78, 5) is 12.3. The molecular formula is C18H27FN2O3. The summed E-state index contributed by atoms with van der Waals surface area (Å²) >= 11 is 0. The van der Waals surface area contributed by atoms with Crippen molar-refractivity contribution in [2.45, 2.75) is 45.3 Å². The highest BCUT2D eigenvalue weighted by molar-refractivity contribution is 5.74. The molecule has 0 spiro atoms. The Morgan fingerprint density at radius 1 is 1.29 bits per heavy atom. The first-order valence-electron chi connectivity index (χ1n) is 8.30. The summed E-state index contributed by atoms with van der Waals surface area (Å²) in [6.45, 7) is 7.20. The van der Waals surface area contributed by atoms with Crippen molar-refractivity contribution in [2.24, 2.45) is 5.41 Å². The lowest BCUT2D eigenvalue weighted by Crippen LogP contribution is -2.50. The molecule has 1 atom stereocenters. The van der Waals surface area contributed by atoms with E-state index in [-0.39, 0.29) is 29.8 Å². The van der Waals surface area contributed by atoms with Crippen LogP contribution in [0.5, 0.6) is 0 Å². The van der Waals surface area contributed by atoms with E-state index in [4.69, 9.17) is 4.74 Å². The van der Waals surface area contributed by atoms with E-state index in [1.54, 1.807) is 12.1 Å². The van der Waals surface area contributed by atoms with E-state index >= 15 is 0 Å². The Hall–Kier alpha value is -1.66. The molecule has 134 valence electrons. The van der Waals surface area contributed by atoms with Crippen molar-refractivity contribution in [1.29, 1.82) is 0 Å². The van der Waals surface area contributed by atoms with Crippen molar-refractivity contribution in [3.05, 3.63) is 35.6 Å². The van der Waals surface area contributed by atoms with Crippen LogP contribution in [0.4, 0.5) is 9.18 Å². The third kappa shape index (κ3) is 5.18. The van der Waals surface area contributed by atoms with Gasteiger partial charge in [0.15, 0.2) is 0 Å². The Morgan fingerprint density at radius 2 is 1.88 bits per heavy atom. The molecular weight excluding hydrogens is 311 g/mol. The van der Waals surface area contributed by atoms with Crippen LogP contribution in [-0.2, 0) is 4.74 Å². The molecule has 3 N–H and O–H groups in total. The average molecular weight is 338 g/mol. The molecule has 24 heavy (non-hydrogen) atoms. The van der Waals surface area contributed by atoms with E-state index in [9.17, 15) is 14.3 Å². The van der Waals surface area contributed by atoms with Crippen LogP contribution >= 0.6 is 0 Å². The van der Waals surface area contributed by atoms with Crippen LogP contribution in [0.15, 0.2) is 24.3 Å². The number of rotatable bonds is 4. The molecule has 1 aliphatic rings. The molecule has 1 saturated heterocycles. The summed E-state index contributed by atoms with van der Waals surface area (Å²) in [7, 11) is 0. The molecule has 2 amide bonds. The Balaban J connectivity index is 1.98. The van der Waals surface area contributed by atoms with Crippen LogP contribution in [0.3, 0.4) is 0 Å². The lowest BCUT2D eigenvalue weighted by Gasteiger charge is -2.34. The highest BCUT2D eigenvalue weighted by Crippen LogP contribution is 2.32. The van der Waals surface area contributed by atoms with E-state index in [2.05, 4.69) is 10.6 Å². The summed E-state index contributed by atoms with van der Waals surface area (Å²) in [5, 5.41) is 16.1. The highest BCUT2D eigenvalue weighted by atomic mass is 19.1. The van der Waals surface area contributed by atoms with Gasteiger partial charge in [-0.15, -0.1) is 0 Å². The number of benzene rings is 1. The average Bonchev–Trinajstić information content (AvgIpc) is 2.51. The molecule has 0 aliphatic carbocycles. The SMILES string of the molecule is CC(C)(C)C(NC(=O)NCC1(O)CCOCC1)c1ccc(F)cc1. The van der Waals surface area contributed by atoms with E-state index in [0.717, 1.165) is 5.56 Å². The van der Waals surface area contributed by atoms with Gasteiger partial charge in [-0.25, -0.2) is 9.18 Å². The predicted octanol–water partition coefficient (Wildman–Crippen LogP) is 2.75. The van der Waals surface area contributed by atoms with Gasteiger partial charge in [0.25, 0.3) is 0 Å². The van der Waals surface area contributed by atoms with Gasteiger partial charge in [0.2, 0.25) is 0 Å². The molecule has 0 aromatic heterocycles. The van der Waals surface area contributed by atoms with Gasteiger partial charge in [0.05, 0.1) is 11.6 Å². The monoisotopic (exact) mass is 338 g/mol. The zero-order valence-electron chi connectivity index (χ0n) is 14.6. The third-order valence-corrected chi connectivity index (χ3v) is 4.35. The molecule has 6 heteroatoms. The molecule has 0 radical (unpaired) electrons. The number of carbonyl (C=O) groups is 1. The maximum atomic E-state index is 13.1. The van der Waals surface area contributed by atoms with Gasteiger partial charge in [0, 0.05) is 32.6 Å². The van der Waals surface area contributed by atoms with Gasteiger partial charge >= 0.3 is 6.03 Å². The Morgan fingerprint density at radius 3 is 2.42 bits per heavy atom. The first kappa shape index (κ1) is 18.7. The minimum Gasteiger partial charge on any atom is -0.388 e. The van der Waals surface area contributed by atoms with Crippen LogP contribution in [0.1, 0.15) is 45.2 Å². The van der Waals surface area contributed by atoms with Gasteiger partial charge in [-0.2, -0.15) is 0 Å². The maximum Gasteiger partial charge on any atom is 0.315 e. The number of amides is 2. The molecule has 1 fully saturated rings. The number of aliphatic hydroxyl groups is 1. The molecule has 1 aromatic carbocycles. The summed E-state index contributed by atoms with van der Waals surface area (Å²) in [5.41, 5.74) is -0.322. The summed E-state index contributed by atoms with van der Waals surface area (Å²) in [5.74, 6) is -0.308. The molecule has 0 bridgehead atoms. The second-order valence-corrected chi connectivity index (χ2v) is 7.51. The van der Waals surface area contributed by atoms with Crippen LogP contribution in [0.25, 0.3) is 0 Å². The van der Waals surface area contributed by atoms with Crippen LogP contribution < -0.4 is 10.6 Å². The molecule has 1 aliphatic heterocycles. The Bertz CT molecular complexity index is 548. The minimum atomic E-state index is -0.914. The fourth-order valence-electron chi connectivity index (χ4n) is 2.81. The van der Waals surface area contributed by atoms with Crippen molar-refractivity contribution in [3.8, 4) is 0 Å². The summed E-state index contributed by atoms with van der Waals surface area (Å²) in [6.07, 6.45) is 1.02. The standard InChI is InChI=1S/C18H27FN2O3/c1-17(2,3)15(13-4-6-14(19)7-5-13)21-16(22)20-12-18(23)8-10-24-11-9-18/h4-7,15,23H,8-12H2,1-3H3,(H2,20,21,22). The normalized spacial score (nSPS) is 18.7. The second kappa shape index (κ2) is 7.49. The second-order valence-electron chi connectivity index (χ2n) is 7.51. The molecule has 2 rings (SSSR count). The smallest absolute Gasteiger partial charge is 0.315 e. The predicted molar refractivity (Wildman–Crippen MR) is 90.1 cm³/mol. The van der Waals surface area contributed by atoms with Crippen molar-refractivity contribution < 1.29 is 19.0 Å².